The van der Waals surface area contributed by atoms with Gasteiger partial charge >= 0.3 is 0 Å². The third-order valence-corrected chi connectivity index (χ3v) is 5.65. The smallest absolute Gasteiger partial charge is 0.193 e. The molecule has 1 N–H and O–H groups in total. The number of aromatic nitrogens is 3. The zero-order chi connectivity index (χ0) is 20.9. The van der Waals surface area contributed by atoms with Gasteiger partial charge in [0.05, 0.1) is 5.69 Å². The quantitative estimate of drug-likeness (QED) is 0.524. The Kier molecular flexibility index (Phi) is 6.12. The lowest BCUT2D eigenvalue weighted by Gasteiger charge is -2.22. The summed E-state index contributed by atoms with van der Waals surface area (Å²) in [6.45, 7) is 6.84. The summed E-state index contributed by atoms with van der Waals surface area (Å²) in [5.41, 5.74) is 4.63. The number of pyridine rings is 1. The lowest BCUT2D eigenvalue weighted by atomic mass is 9.99. The minimum Gasteiger partial charge on any atom is -0.352 e. The van der Waals surface area contributed by atoms with Gasteiger partial charge in [-0.2, -0.15) is 5.10 Å². The van der Waals surface area contributed by atoms with Crippen LogP contribution >= 0.6 is 0 Å². The van der Waals surface area contributed by atoms with Crippen molar-refractivity contribution < 1.29 is 0 Å². The number of hydrogen-bond acceptors (Lipinski definition) is 3. The van der Waals surface area contributed by atoms with E-state index in [1.54, 1.807) is 0 Å². The number of nitrogens with zero attached hydrogens (tertiary/aromatic N) is 5. The molecule has 6 nitrogen and oxygen atoms in total. The molecular formula is C24H30N6. The number of hydrogen-bond donors (Lipinski definition) is 1. The molecule has 156 valence electrons. The van der Waals surface area contributed by atoms with Gasteiger partial charge in [-0.1, -0.05) is 36.4 Å². The number of aryl methyl sites for hydroxylation is 2. The lowest BCUT2D eigenvalue weighted by molar-refractivity contribution is 0.459. The van der Waals surface area contributed by atoms with E-state index < -0.39 is 0 Å². The first-order chi connectivity index (χ1) is 14.6. The van der Waals surface area contributed by atoms with Gasteiger partial charge in [-0.15, -0.1) is 0 Å². The third kappa shape index (κ3) is 4.70. The molecule has 0 saturated carbocycles. The van der Waals surface area contributed by atoms with Crippen LogP contribution in [0.1, 0.15) is 28.9 Å². The molecule has 0 amide bonds. The van der Waals surface area contributed by atoms with E-state index in [-0.39, 0.29) is 0 Å². The van der Waals surface area contributed by atoms with Crippen LogP contribution in [0.5, 0.6) is 0 Å². The third-order valence-electron chi connectivity index (χ3n) is 5.65. The number of benzene rings is 1. The molecule has 2 aromatic heterocycles. The number of aliphatic imine (C=N–C) groups is 1. The molecule has 0 radical (unpaired) electrons. The van der Waals surface area contributed by atoms with Crippen molar-refractivity contribution >= 4 is 5.96 Å². The topological polar surface area (TPSA) is 58.3 Å². The molecule has 4 rings (SSSR count). The van der Waals surface area contributed by atoms with E-state index in [2.05, 4.69) is 67.8 Å². The summed E-state index contributed by atoms with van der Waals surface area (Å²) >= 11 is 0. The van der Waals surface area contributed by atoms with E-state index in [0.29, 0.717) is 12.5 Å². The van der Waals surface area contributed by atoms with Gasteiger partial charge in [-0.3, -0.25) is 4.99 Å². The molecule has 0 spiro atoms. The van der Waals surface area contributed by atoms with Gasteiger partial charge in [-0.05, 0) is 55.9 Å². The van der Waals surface area contributed by atoms with E-state index in [1.807, 2.05) is 37.8 Å². The Morgan fingerprint density at radius 3 is 2.63 bits per heavy atom. The van der Waals surface area contributed by atoms with Gasteiger partial charge in [0.15, 0.2) is 11.8 Å². The summed E-state index contributed by atoms with van der Waals surface area (Å²) < 4.78 is 1.88. The van der Waals surface area contributed by atoms with Crippen molar-refractivity contribution in [3.63, 3.8) is 0 Å². The van der Waals surface area contributed by atoms with Gasteiger partial charge in [0, 0.05) is 38.6 Å². The van der Waals surface area contributed by atoms with Crippen molar-refractivity contribution in [2.75, 3.05) is 20.1 Å². The summed E-state index contributed by atoms with van der Waals surface area (Å²) in [6.07, 6.45) is 4.24. The van der Waals surface area contributed by atoms with E-state index in [1.165, 1.54) is 12.0 Å². The van der Waals surface area contributed by atoms with E-state index in [4.69, 9.17) is 0 Å². The summed E-state index contributed by atoms with van der Waals surface area (Å²) in [4.78, 5) is 11.5. The van der Waals surface area contributed by atoms with Crippen molar-refractivity contribution in [3.05, 3.63) is 77.2 Å². The Balaban J connectivity index is 1.32. The summed E-state index contributed by atoms with van der Waals surface area (Å²) in [5.74, 6) is 2.48. The maximum atomic E-state index is 4.59. The van der Waals surface area contributed by atoms with E-state index in [9.17, 15) is 0 Å². The van der Waals surface area contributed by atoms with Gasteiger partial charge in [0.1, 0.15) is 0 Å². The molecule has 0 bridgehead atoms. The zero-order valence-corrected chi connectivity index (χ0v) is 18.0. The van der Waals surface area contributed by atoms with Crippen LogP contribution in [0.4, 0.5) is 0 Å². The van der Waals surface area contributed by atoms with Gasteiger partial charge < -0.3 is 10.2 Å². The van der Waals surface area contributed by atoms with Crippen molar-refractivity contribution in [2.45, 2.75) is 33.2 Å². The highest BCUT2D eigenvalue weighted by molar-refractivity contribution is 5.80. The summed E-state index contributed by atoms with van der Waals surface area (Å²) in [5, 5.41) is 8.00. The van der Waals surface area contributed by atoms with Crippen LogP contribution in [0.2, 0.25) is 0 Å². The van der Waals surface area contributed by atoms with Crippen molar-refractivity contribution in [3.8, 4) is 5.82 Å². The average molecular weight is 403 g/mol. The van der Waals surface area contributed by atoms with Crippen LogP contribution in [0.25, 0.3) is 5.82 Å². The Morgan fingerprint density at radius 2 is 1.97 bits per heavy atom. The maximum absolute atomic E-state index is 4.59. The number of guanidine groups is 1. The highest BCUT2D eigenvalue weighted by atomic mass is 15.3. The standard InChI is InChI=1S/C24H30N6/c1-18-13-19(2)30(28-18)23-10-9-22(15-26-23)16-27-24(25-3)29-12-11-21(17-29)14-20-7-5-4-6-8-20/h4-10,13,15,21H,11-12,14,16-17H2,1-3H3,(H,25,27). The highest BCUT2D eigenvalue weighted by Gasteiger charge is 2.24. The fourth-order valence-electron chi connectivity index (χ4n) is 4.16. The molecule has 0 aliphatic carbocycles. The van der Waals surface area contributed by atoms with E-state index >= 15 is 0 Å². The van der Waals surface area contributed by atoms with Crippen LogP contribution in [0.3, 0.4) is 0 Å². The first-order valence-corrected chi connectivity index (χ1v) is 10.6. The number of nitrogens with one attached hydrogen (secondary N) is 1. The van der Waals surface area contributed by atoms with Crippen LogP contribution in [-0.2, 0) is 13.0 Å². The first kappa shape index (κ1) is 20.1. The molecule has 1 aliphatic heterocycles. The Labute approximate surface area is 178 Å². The minimum absolute atomic E-state index is 0.674. The molecule has 1 aliphatic rings. The normalized spacial score (nSPS) is 16.8. The molecule has 1 fully saturated rings. The number of likely N-dealkylation sites (tertiary alicyclic amines) is 1. The Hall–Kier alpha value is -3.15. The second-order valence-electron chi connectivity index (χ2n) is 8.05. The lowest BCUT2D eigenvalue weighted by Crippen LogP contribution is -2.39. The Morgan fingerprint density at radius 1 is 1.13 bits per heavy atom. The van der Waals surface area contributed by atoms with Gasteiger partial charge in [0.2, 0.25) is 0 Å². The second-order valence-corrected chi connectivity index (χ2v) is 8.05. The van der Waals surface area contributed by atoms with E-state index in [0.717, 1.165) is 48.2 Å². The van der Waals surface area contributed by atoms with Crippen molar-refractivity contribution in [1.29, 1.82) is 0 Å². The molecular weight excluding hydrogens is 372 g/mol. The number of rotatable bonds is 5. The van der Waals surface area contributed by atoms with Crippen molar-refractivity contribution in [2.24, 2.45) is 10.9 Å². The molecule has 3 heterocycles. The highest BCUT2D eigenvalue weighted by Crippen LogP contribution is 2.21. The molecule has 1 saturated heterocycles. The van der Waals surface area contributed by atoms with Crippen LogP contribution in [0.15, 0.2) is 59.7 Å². The predicted octanol–water partition coefficient (Wildman–Crippen LogP) is 3.52. The van der Waals surface area contributed by atoms with Crippen LogP contribution < -0.4 is 5.32 Å². The first-order valence-electron chi connectivity index (χ1n) is 10.6. The SMILES string of the molecule is CN=C(NCc1ccc(-n2nc(C)cc2C)nc1)N1CCC(Cc2ccccc2)C1. The largest absolute Gasteiger partial charge is 0.352 e. The van der Waals surface area contributed by atoms with Crippen LogP contribution in [-0.4, -0.2) is 45.8 Å². The molecule has 1 atom stereocenters. The molecule has 30 heavy (non-hydrogen) atoms. The fourth-order valence-corrected chi connectivity index (χ4v) is 4.16. The maximum Gasteiger partial charge on any atom is 0.193 e. The van der Waals surface area contributed by atoms with Gasteiger partial charge in [-0.25, -0.2) is 9.67 Å². The zero-order valence-electron chi connectivity index (χ0n) is 18.0. The minimum atomic E-state index is 0.674. The second kappa shape index (κ2) is 9.11. The molecule has 1 aromatic carbocycles. The Bertz CT molecular complexity index is 990. The summed E-state index contributed by atoms with van der Waals surface area (Å²) in [7, 11) is 1.86. The monoisotopic (exact) mass is 402 g/mol. The fraction of sp³-hybridized carbons (Fsp3) is 0.375. The predicted molar refractivity (Wildman–Crippen MR) is 121 cm³/mol. The average Bonchev–Trinajstić information content (AvgIpc) is 3.35. The van der Waals surface area contributed by atoms with Crippen LogP contribution in [0, 0.1) is 19.8 Å². The molecule has 3 aromatic rings. The van der Waals surface area contributed by atoms with Gasteiger partial charge in [0.25, 0.3) is 0 Å². The molecule has 6 heteroatoms. The molecule has 1 unspecified atom stereocenters. The summed E-state index contributed by atoms with van der Waals surface area (Å²) in [6, 6.07) is 16.9. The van der Waals surface area contributed by atoms with Crippen molar-refractivity contribution in [1.82, 2.24) is 25.0 Å².